The van der Waals surface area contributed by atoms with Crippen LogP contribution in [0.5, 0.6) is 0 Å². The average molecular weight is 355 g/mol. The number of nitrogens with zero attached hydrogens (tertiary/aromatic N) is 3. The van der Waals surface area contributed by atoms with E-state index in [9.17, 15) is 13.2 Å². The molecule has 1 aliphatic heterocycles. The summed E-state index contributed by atoms with van der Waals surface area (Å²) < 4.78 is 24.4. The summed E-state index contributed by atoms with van der Waals surface area (Å²) in [5.74, 6) is 0.0678. The summed E-state index contributed by atoms with van der Waals surface area (Å²) in [6, 6.07) is 0.0310. The van der Waals surface area contributed by atoms with Gasteiger partial charge in [-0.25, -0.2) is 23.1 Å². The molecule has 0 unspecified atom stereocenters. The van der Waals surface area contributed by atoms with Crippen LogP contribution in [0.4, 0.5) is 0 Å². The van der Waals surface area contributed by atoms with Crippen molar-refractivity contribution in [3.8, 4) is 0 Å². The summed E-state index contributed by atoms with van der Waals surface area (Å²) in [5.41, 5.74) is 1.04. The Hall–Kier alpha value is -1.58. The summed E-state index contributed by atoms with van der Waals surface area (Å²) >= 11 is 0. The Balaban J connectivity index is 1.91. The monoisotopic (exact) mass is 355 g/mol. The Bertz CT molecular complexity index is 638. The SMILES string of the molecule is CCC[C@H]1CN(Cc2cncnc2)C[C@@H]1NC(=O)CNS(C)(=O)=O. The van der Waals surface area contributed by atoms with Crippen molar-refractivity contribution in [2.75, 3.05) is 25.9 Å². The van der Waals surface area contributed by atoms with Gasteiger partial charge in [-0.3, -0.25) is 9.69 Å². The van der Waals surface area contributed by atoms with Crippen LogP contribution in [-0.4, -0.2) is 61.1 Å². The lowest BCUT2D eigenvalue weighted by atomic mass is 9.98. The van der Waals surface area contributed by atoms with Crippen molar-refractivity contribution in [1.29, 1.82) is 0 Å². The number of nitrogens with one attached hydrogen (secondary N) is 2. The fourth-order valence-electron chi connectivity index (χ4n) is 3.04. The molecule has 0 aliphatic carbocycles. The van der Waals surface area contributed by atoms with E-state index in [1.165, 1.54) is 6.33 Å². The Kier molecular flexibility index (Phi) is 6.64. The fraction of sp³-hybridized carbons (Fsp3) is 0.667. The number of carbonyl (C=O) groups excluding carboxylic acids is 1. The zero-order chi connectivity index (χ0) is 17.6. The number of rotatable bonds is 8. The predicted octanol–water partition coefficient (Wildman–Crippen LogP) is -0.257. The number of sulfonamides is 1. The first-order valence-electron chi connectivity index (χ1n) is 8.07. The molecule has 1 aromatic heterocycles. The van der Waals surface area contributed by atoms with Crippen molar-refractivity contribution in [2.45, 2.75) is 32.4 Å². The topological polar surface area (TPSA) is 104 Å². The van der Waals surface area contributed by atoms with Crippen molar-refractivity contribution in [3.63, 3.8) is 0 Å². The maximum atomic E-state index is 12.0. The van der Waals surface area contributed by atoms with Crippen LogP contribution >= 0.6 is 0 Å². The molecule has 134 valence electrons. The smallest absolute Gasteiger partial charge is 0.235 e. The van der Waals surface area contributed by atoms with Gasteiger partial charge < -0.3 is 5.32 Å². The molecule has 1 aromatic rings. The second-order valence-electron chi connectivity index (χ2n) is 6.26. The third kappa shape index (κ3) is 6.14. The molecule has 0 aromatic carbocycles. The Morgan fingerprint density at radius 1 is 1.33 bits per heavy atom. The van der Waals surface area contributed by atoms with Crippen LogP contribution in [0.3, 0.4) is 0 Å². The van der Waals surface area contributed by atoms with Gasteiger partial charge in [0.2, 0.25) is 15.9 Å². The lowest BCUT2D eigenvalue weighted by Crippen LogP contribution is -2.45. The van der Waals surface area contributed by atoms with Gasteiger partial charge in [0, 0.05) is 43.6 Å². The van der Waals surface area contributed by atoms with Gasteiger partial charge in [-0.15, -0.1) is 0 Å². The van der Waals surface area contributed by atoms with Crippen LogP contribution < -0.4 is 10.0 Å². The molecule has 0 spiro atoms. The van der Waals surface area contributed by atoms with E-state index in [1.807, 2.05) is 0 Å². The van der Waals surface area contributed by atoms with Gasteiger partial charge in [0.15, 0.2) is 0 Å². The molecule has 1 aliphatic rings. The second-order valence-corrected chi connectivity index (χ2v) is 8.09. The van der Waals surface area contributed by atoms with Crippen LogP contribution in [-0.2, 0) is 21.4 Å². The molecule has 0 radical (unpaired) electrons. The molecule has 9 heteroatoms. The fourth-order valence-corrected chi connectivity index (χ4v) is 3.43. The molecular formula is C15H25N5O3S. The number of amides is 1. The van der Waals surface area contributed by atoms with Crippen LogP contribution in [0.2, 0.25) is 0 Å². The maximum absolute atomic E-state index is 12.0. The number of carbonyl (C=O) groups is 1. The summed E-state index contributed by atoms with van der Waals surface area (Å²) in [6.07, 6.45) is 8.20. The van der Waals surface area contributed by atoms with E-state index in [0.717, 1.165) is 44.3 Å². The van der Waals surface area contributed by atoms with Gasteiger partial charge in [0.05, 0.1) is 12.8 Å². The largest absolute Gasteiger partial charge is 0.351 e. The quantitative estimate of drug-likeness (QED) is 0.666. The summed E-state index contributed by atoms with van der Waals surface area (Å²) in [4.78, 5) is 22.3. The lowest BCUT2D eigenvalue weighted by molar-refractivity contribution is -0.120. The average Bonchev–Trinajstić information content (AvgIpc) is 2.87. The molecule has 2 rings (SSSR count). The molecule has 1 saturated heterocycles. The minimum absolute atomic E-state index is 0.0310. The zero-order valence-electron chi connectivity index (χ0n) is 14.1. The van der Waals surface area contributed by atoms with Gasteiger partial charge in [-0.2, -0.15) is 0 Å². The maximum Gasteiger partial charge on any atom is 0.235 e. The predicted molar refractivity (Wildman–Crippen MR) is 90.5 cm³/mol. The first-order chi connectivity index (χ1) is 11.4. The molecule has 8 nitrogen and oxygen atoms in total. The minimum atomic E-state index is -3.36. The number of likely N-dealkylation sites (tertiary alicyclic amines) is 1. The Morgan fingerprint density at radius 3 is 2.67 bits per heavy atom. The highest BCUT2D eigenvalue weighted by molar-refractivity contribution is 7.88. The van der Waals surface area contributed by atoms with Crippen LogP contribution in [0.15, 0.2) is 18.7 Å². The van der Waals surface area contributed by atoms with E-state index < -0.39 is 10.0 Å². The van der Waals surface area contributed by atoms with E-state index in [4.69, 9.17) is 0 Å². The highest BCUT2D eigenvalue weighted by Gasteiger charge is 2.33. The van der Waals surface area contributed by atoms with E-state index >= 15 is 0 Å². The number of hydrogen-bond donors (Lipinski definition) is 2. The van der Waals surface area contributed by atoms with Crippen molar-refractivity contribution < 1.29 is 13.2 Å². The third-order valence-corrected chi connectivity index (χ3v) is 4.71. The van der Waals surface area contributed by atoms with Gasteiger partial charge >= 0.3 is 0 Å². The van der Waals surface area contributed by atoms with Gasteiger partial charge in [0.25, 0.3) is 0 Å². The van der Waals surface area contributed by atoms with E-state index in [2.05, 4.69) is 31.8 Å². The molecule has 2 heterocycles. The first kappa shape index (κ1) is 18.8. The zero-order valence-corrected chi connectivity index (χ0v) is 14.9. The van der Waals surface area contributed by atoms with Crippen LogP contribution in [0.1, 0.15) is 25.3 Å². The Labute approximate surface area is 143 Å². The molecule has 2 atom stereocenters. The second kappa shape index (κ2) is 8.50. The van der Waals surface area contributed by atoms with Crippen molar-refractivity contribution >= 4 is 15.9 Å². The number of hydrogen-bond acceptors (Lipinski definition) is 6. The molecular weight excluding hydrogens is 330 g/mol. The van der Waals surface area contributed by atoms with Crippen LogP contribution in [0.25, 0.3) is 0 Å². The van der Waals surface area contributed by atoms with E-state index in [0.29, 0.717) is 5.92 Å². The normalized spacial score (nSPS) is 21.8. The van der Waals surface area contributed by atoms with Gasteiger partial charge in [-0.1, -0.05) is 13.3 Å². The minimum Gasteiger partial charge on any atom is -0.351 e. The van der Waals surface area contributed by atoms with Gasteiger partial charge in [0.1, 0.15) is 6.33 Å². The summed E-state index contributed by atoms with van der Waals surface area (Å²) in [5, 5.41) is 2.96. The van der Waals surface area contributed by atoms with E-state index in [-0.39, 0.29) is 18.5 Å². The van der Waals surface area contributed by atoms with Crippen molar-refractivity contribution in [3.05, 3.63) is 24.3 Å². The molecule has 0 bridgehead atoms. The first-order valence-corrected chi connectivity index (χ1v) is 9.96. The molecule has 1 amide bonds. The molecule has 24 heavy (non-hydrogen) atoms. The van der Waals surface area contributed by atoms with Crippen LogP contribution in [0, 0.1) is 5.92 Å². The molecule has 0 saturated carbocycles. The molecule has 1 fully saturated rings. The summed E-state index contributed by atoms with van der Waals surface area (Å²) in [7, 11) is -3.36. The number of aromatic nitrogens is 2. The van der Waals surface area contributed by atoms with E-state index in [1.54, 1.807) is 12.4 Å². The van der Waals surface area contributed by atoms with Crippen molar-refractivity contribution in [2.24, 2.45) is 5.92 Å². The highest BCUT2D eigenvalue weighted by Crippen LogP contribution is 2.23. The van der Waals surface area contributed by atoms with Crippen molar-refractivity contribution in [1.82, 2.24) is 24.9 Å². The third-order valence-electron chi connectivity index (χ3n) is 4.04. The standard InChI is InChI=1S/C15H25N5O3S/c1-3-4-13-9-20(8-12-5-16-11-17-6-12)10-14(13)19-15(21)7-18-24(2,22)23/h5-6,11,13-14,18H,3-4,7-10H2,1-2H3,(H,19,21)/t13-,14-/m0/s1. The lowest BCUT2D eigenvalue weighted by Gasteiger charge is -2.19. The van der Waals surface area contributed by atoms with Gasteiger partial charge in [-0.05, 0) is 12.3 Å². The Morgan fingerprint density at radius 2 is 2.04 bits per heavy atom. The molecule has 2 N–H and O–H groups in total. The highest BCUT2D eigenvalue weighted by atomic mass is 32.2. The summed E-state index contributed by atoms with van der Waals surface area (Å²) in [6.45, 7) is 4.28.